The van der Waals surface area contributed by atoms with Crippen LogP contribution >= 0.6 is 0 Å². The van der Waals surface area contributed by atoms with Gasteiger partial charge in [0.15, 0.2) is 0 Å². The minimum Gasteiger partial charge on any atom is -0.378 e. The van der Waals surface area contributed by atoms with Gasteiger partial charge in [-0.1, -0.05) is 65.9 Å². The Morgan fingerprint density at radius 3 is 2.39 bits per heavy atom. The van der Waals surface area contributed by atoms with Crippen molar-refractivity contribution in [3.05, 3.63) is 131 Å². The van der Waals surface area contributed by atoms with E-state index in [1.54, 1.807) is 11.9 Å². The summed E-state index contributed by atoms with van der Waals surface area (Å²) in [5.41, 5.74) is 4.83. The van der Waals surface area contributed by atoms with E-state index >= 15 is 0 Å². The Labute approximate surface area is 312 Å². The number of carbonyl (C=O) groups is 2. The number of fused-ring (bicyclic) bond motifs is 1. The zero-order valence-electron chi connectivity index (χ0n) is 30.2. The molecule has 4 aromatic carbocycles. The zero-order chi connectivity index (χ0) is 38.1. The summed E-state index contributed by atoms with van der Waals surface area (Å²) in [5, 5.41) is 10.7. The maximum Gasteiger partial charge on any atom is 0.416 e. The quantitative estimate of drug-likeness (QED) is 0.126. The molecular weight excluding hydrogens is 697 g/mol. The van der Waals surface area contributed by atoms with Gasteiger partial charge in [0.2, 0.25) is 11.8 Å². The first-order chi connectivity index (χ1) is 26.0. The Morgan fingerprint density at radius 2 is 1.69 bits per heavy atom. The molecule has 0 radical (unpaired) electrons. The predicted octanol–water partition coefficient (Wildman–Crippen LogP) is 6.70. The number of likely N-dealkylation sites (N-methyl/N-ethyl adjacent to an activating group) is 1. The summed E-state index contributed by atoms with van der Waals surface area (Å²) in [6.45, 7) is 5.39. The number of H-pyrrole nitrogens is 1. The highest BCUT2D eigenvalue weighted by atomic mass is 19.4. The van der Waals surface area contributed by atoms with Gasteiger partial charge in [-0.3, -0.25) is 14.7 Å². The molecule has 282 valence electrons. The number of hydrogen-bond acceptors (Lipinski definition) is 7. The SMILES string of the molecule is CC(OCCN(C)C(=O)C(Cc1ccccc1)N(Cc1ccc(N2CCOCC2)cc1)C(=O)C=Cc1ccc(C(F)(F)F)cc1)c1ccc2[nH]nnc2c1. The summed E-state index contributed by atoms with van der Waals surface area (Å²) in [6, 6.07) is 26.8. The van der Waals surface area contributed by atoms with E-state index in [9.17, 15) is 22.8 Å². The van der Waals surface area contributed by atoms with Crippen LogP contribution in [0, 0.1) is 0 Å². The maximum absolute atomic E-state index is 14.4. The molecule has 5 aromatic rings. The molecule has 0 bridgehead atoms. The first kappa shape index (κ1) is 38.2. The molecule has 13 heteroatoms. The molecule has 1 aromatic heterocycles. The molecule has 1 fully saturated rings. The third-order valence-electron chi connectivity index (χ3n) is 9.53. The Hall–Kier alpha value is -5.53. The highest BCUT2D eigenvalue weighted by Gasteiger charge is 2.32. The average Bonchev–Trinajstić information content (AvgIpc) is 3.67. The summed E-state index contributed by atoms with van der Waals surface area (Å²) >= 11 is 0. The number of hydrogen-bond donors (Lipinski definition) is 1. The highest BCUT2D eigenvalue weighted by molar-refractivity contribution is 5.95. The fourth-order valence-corrected chi connectivity index (χ4v) is 6.33. The van der Waals surface area contributed by atoms with E-state index in [1.807, 2.05) is 79.7 Å². The lowest BCUT2D eigenvalue weighted by atomic mass is 10.0. The number of amides is 2. The Bertz CT molecular complexity index is 2010. The van der Waals surface area contributed by atoms with Crippen molar-refractivity contribution in [2.24, 2.45) is 0 Å². The van der Waals surface area contributed by atoms with Crippen LogP contribution in [0.2, 0.25) is 0 Å². The number of carbonyl (C=O) groups excluding carboxylic acids is 2. The second-order valence-electron chi connectivity index (χ2n) is 13.3. The second kappa shape index (κ2) is 17.5. The molecule has 0 spiro atoms. The van der Waals surface area contributed by atoms with Gasteiger partial charge in [-0.25, -0.2) is 0 Å². The number of aromatic nitrogens is 3. The van der Waals surface area contributed by atoms with Crippen molar-refractivity contribution in [2.45, 2.75) is 38.2 Å². The van der Waals surface area contributed by atoms with Crippen molar-refractivity contribution in [1.82, 2.24) is 25.2 Å². The van der Waals surface area contributed by atoms with Gasteiger partial charge in [0.1, 0.15) is 11.6 Å². The Kier molecular flexibility index (Phi) is 12.4. The van der Waals surface area contributed by atoms with Gasteiger partial charge in [-0.2, -0.15) is 13.2 Å². The van der Waals surface area contributed by atoms with Gasteiger partial charge in [0.25, 0.3) is 0 Å². The molecule has 1 N–H and O–H groups in total. The molecule has 1 aliphatic rings. The summed E-state index contributed by atoms with van der Waals surface area (Å²) in [6.07, 6.45) is -1.73. The lowest BCUT2D eigenvalue weighted by molar-refractivity contribution is -0.143. The largest absolute Gasteiger partial charge is 0.416 e. The van der Waals surface area contributed by atoms with Crippen LogP contribution in [-0.4, -0.2) is 89.6 Å². The van der Waals surface area contributed by atoms with Crippen LogP contribution in [0.25, 0.3) is 17.1 Å². The minimum atomic E-state index is -4.47. The zero-order valence-corrected chi connectivity index (χ0v) is 30.2. The molecule has 1 aliphatic heterocycles. The van der Waals surface area contributed by atoms with Crippen LogP contribution in [0.15, 0.2) is 103 Å². The third-order valence-corrected chi connectivity index (χ3v) is 9.53. The fraction of sp³-hybridized carbons (Fsp3) is 0.317. The number of ether oxygens (including phenoxy) is 2. The van der Waals surface area contributed by atoms with E-state index in [0.717, 1.165) is 58.6 Å². The first-order valence-electron chi connectivity index (χ1n) is 17.8. The van der Waals surface area contributed by atoms with Crippen molar-refractivity contribution in [3.63, 3.8) is 0 Å². The third kappa shape index (κ3) is 9.91. The van der Waals surface area contributed by atoms with Crippen LogP contribution < -0.4 is 4.90 Å². The fourth-order valence-electron chi connectivity index (χ4n) is 6.33. The summed E-state index contributed by atoms with van der Waals surface area (Å²) in [5.74, 6) is -0.733. The van der Waals surface area contributed by atoms with Crippen molar-refractivity contribution in [3.8, 4) is 0 Å². The minimum absolute atomic E-state index is 0.120. The monoisotopic (exact) mass is 740 g/mol. The Morgan fingerprint density at radius 1 is 0.963 bits per heavy atom. The molecule has 2 atom stereocenters. The molecular formula is C41H43F3N6O4. The number of halogens is 3. The Balaban J connectivity index is 1.23. The smallest absolute Gasteiger partial charge is 0.378 e. The molecule has 2 heterocycles. The lowest BCUT2D eigenvalue weighted by Crippen LogP contribution is -2.51. The van der Waals surface area contributed by atoms with Crippen LogP contribution in [0.4, 0.5) is 18.9 Å². The number of nitrogens with one attached hydrogen (secondary N) is 1. The van der Waals surface area contributed by atoms with Crippen molar-refractivity contribution < 1.29 is 32.2 Å². The van der Waals surface area contributed by atoms with Gasteiger partial charge in [-0.05, 0) is 71.7 Å². The van der Waals surface area contributed by atoms with Gasteiger partial charge >= 0.3 is 6.18 Å². The van der Waals surface area contributed by atoms with E-state index in [1.165, 1.54) is 29.2 Å². The molecule has 54 heavy (non-hydrogen) atoms. The highest BCUT2D eigenvalue weighted by Crippen LogP contribution is 2.29. The van der Waals surface area contributed by atoms with Crippen LogP contribution in [-0.2, 0) is 38.2 Å². The van der Waals surface area contributed by atoms with Crippen molar-refractivity contribution in [2.75, 3.05) is 51.4 Å². The number of alkyl halides is 3. The normalized spacial score (nSPS) is 14.6. The number of benzene rings is 4. The van der Waals surface area contributed by atoms with Gasteiger partial charge in [-0.15, -0.1) is 5.10 Å². The summed E-state index contributed by atoms with van der Waals surface area (Å²) in [4.78, 5) is 33.9. The topological polar surface area (TPSA) is 104 Å². The number of nitrogens with zero attached hydrogens (tertiary/aromatic N) is 5. The predicted molar refractivity (Wildman–Crippen MR) is 200 cm³/mol. The number of rotatable bonds is 14. The first-order valence-corrected chi connectivity index (χ1v) is 17.8. The molecule has 2 unspecified atom stereocenters. The molecule has 6 rings (SSSR count). The number of anilines is 1. The van der Waals surface area contributed by atoms with Gasteiger partial charge in [0.05, 0.1) is 37.0 Å². The van der Waals surface area contributed by atoms with Crippen LogP contribution in [0.3, 0.4) is 0 Å². The van der Waals surface area contributed by atoms with E-state index in [2.05, 4.69) is 20.3 Å². The van der Waals surface area contributed by atoms with Crippen LogP contribution in [0.1, 0.15) is 40.8 Å². The average molecular weight is 741 g/mol. The number of aromatic amines is 1. The van der Waals surface area contributed by atoms with E-state index in [-0.39, 0.29) is 38.1 Å². The lowest BCUT2D eigenvalue weighted by Gasteiger charge is -2.34. The van der Waals surface area contributed by atoms with Crippen molar-refractivity contribution >= 4 is 34.6 Å². The van der Waals surface area contributed by atoms with Crippen LogP contribution in [0.5, 0.6) is 0 Å². The molecule has 10 nitrogen and oxygen atoms in total. The second-order valence-corrected chi connectivity index (χ2v) is 13.3. The molecule has 1 saturated heterocycles. The van der Waals surface area contributed by atoms with Gasteiger partial charge < -0.3 is 24.2 Å². The van der Waals surface area contributed by atoms with E-state index in [0.29, 0.717) is 18.8 Å². The van der Waals surface area contributed by atoms with E-state index in [4.69, 9.17) is 9.47 Å². The standard InChI is InChI=1S/C41H43F3N6O4/c1-29(33-13-18-36-37(27-33)46-47-45-36)54-25-20-48(2)40(52)38(26-31-6-4-3-5-7-31)50(28-32-10-16-35(17-11-32)49-21-23-53-24-22-49)39(51)19-12-30-8-14-34(15-9-30)41(42,43)44/h3-19,27,29,38H,20-26,28H2,1-2H3,(H,45,46,47). The maximum atomic E-state index is 14.4. The molecule has 0 aliphatic carbocycles. The van der Waals surface area contributed by atoms with E-state index < -0.39 is 23.7 Å². The van der Waals surface area contributed by atoms with Crippen molar-refractivity contribution in [1.29, 1.82) is 0 Å². The molecule has 0 saturated carbocycles. The van der Waals surface area contributed by atoms with Gasteiger partial charge in [0, 0.05) is 51.4 Å². The summed E-state index contributed by atoms with van der Waals surface area (Å²) < 4.78 is 51.2. The number of morpholine rings is 1. The molecule has 2 amide bonds. The summed E-state index contributed by atoms with van der Waals surface area (Å²) in [7, 11) is 1.69.